The third kappa shape index (κ3) is 2.61. The molecule has 4 heteroatoms. The van der Waals surface area contributed by atoms with Crippen molar-refractivity contribution >= 4 is 28.9 Å². The van der Waals surface area contributed by atoms with Gasteiger partial charge in [0.25, 0.3) is 5.91 Å². The molecule has 0 bridgehead atoms. The van der Waals surface area contributed by atoms with Gasteiger partial charge in [-0.25, -0.2) is 0 Å². The maximum Gasteiger partial charge on any atom is 0.258 e. The molecule has 0 atom stereocenters. The van der Waals surface area contributed by atoms with Gasteiger partial charge in [-0.15, -0.1) is 0 Å². The van der Waals surface area contributed by atoms with E-state index in [2.05, 4.69) is 0 Å². The Hall–Kier alpha value is -2.00. The molecule has 0 aromatic heterocycles. The summed E-state index contributed by atoms with van der Waals surface area (Å²) in [6.07, 6.45) is 1.92. The second-order valence-electron chi connectivity index (χ2n) is 5.41. The number of anilines is 2. The van der Waals surface area contributed by atoms with E-state index in [1.54, 1.807) is 12.1 Å². The zero-order chi connectivity index (χ0) is 15.0. The zero-order valence-corrected chi connectivity index (χ0v) is 12.7. The van der Waals surface area contributed by atoms with Crippen LogP contribution in [0.3, 0.4) is 0 Å². The molecule has 0 spiro atoms. The van der Waals surface area contributed by atoms with Crippen LogP contribution in [0.25, 0.3) is 0 Å². The number of nitrogen functional groups attached to an aromatic ring is 1. The average molecular weight is 301 g/mol. The number of carbonyl (C=O) groups is 1. The van der Waals surface area contributed by atoms with Crippen LogP contribution in [0.5, 0.6) is 0 Å². The Morgan fingerprint density at radius 1 is 1.24 bits per heavy atom. The van der Waals surface area contributed by atoms with Crippen molar-refractivity contribution in [3.05, 3.63) is 58.1 Å². The number of carbonyl (C=O) groups excluding carboxylic acids is 1. The molecule has 0 unspecified atom stereocenters. The first-order chi connectivity index (χ1) is 10.1. The van der Waals surface area contributed by atoms with Crippen molar-refractivity contribution in [1.29, 1.82) is 0 Å². The Bertz CT molecular complexity index is 712. The van der Waals surface area contributed by atoms with Crippen molar-refractivity contribution in [3.63, 3.8) is 0 Å². The summed E-state index contributed by atoms with van der Waals surface area (Å²) in [5, 5.41) is 0.679. The van der Waals surface area contributed by atoms with E-state index in [0.29, 0.717) is 10.6 Å². The van der Waals surface area contributed by atoms with Crippen molar-refractivity contribution in [2.75, 3.05) is 17.2 Å². The van der Waals surface area contributed by atoms with Gasteiger partial charge < -0.3 is 10.6 Å². The van der Waals surface area contributed by atoms with Crippen LogP contribution in [0, 0.1) is 6.92 Å². The second-order valence-corrected chi connectivity index (χ2v) is 5.82. The molecule has 1 amide bonds. The summed E-state index contributed by atoms with van der Waals surface area (Å²) in [5.41, 5.74) is 10.3. The van der Waals surface area contributed by atoms with Gasteiger partial charge in [-0.05, 0) is 67.3 Å². The highest BCUT2D eigenvalue weighted by molar-refractivity contribution is 6.31. The van der Waals surface area contributed by atoms with Gasteiger partial charge in [0, 0.05) is 28.5 Å². The minimum absolute atomic E-state index is 0.0143. The lowest BCUT2D eigenvalue weighted by Gasteiger charge is -2.30. The van der Waals surface area contributed by atoms with Crippen LogP contribution in [-0.4, -0.2) is 12.5 Å². The number of halogens is 1. The Morgan fingerprint density at radius 3 is 2.81 bits per heavy atom. The monoisotopic (exact) mass is 300 g/mol. The van der Waals surface area contributed by atoms with Crippen LogP contribution in [0.4, 0.5) is 11.4 Å². The summed E-state index contributed by atoms with van der Waals surface area (Å²) in [7, 11) is 0. The van der Waals surface area contributed by atoms with E-state index in [1.807, 2.05) is 36.1 Å². The molecule has 0 saturated heterocycles. The molecule has 1 heterocycles. The predicted molar refractivity (Wildman–Crippen MR) is 87.0 cm³/mol. The van der Waals surface area contributed by atoms with Gasteiger partial charge in [-0.1, -0.05) is 11.6 Å². The summed E-state index contributed by atoms with van der Waals surface area (Å²) in [5.74, 6) is 0.0143. The minimum Gasteiger partial charge on any atom is -0.399 e. The lowest BCUT2D eigenvalue weighted by molar-refractivity contribution is 0.0985. The lowest BCUT2D eigenvalue weighted by Crippen LogP contribution is -2.35. The van der Waals surface area contributed by atoms with E-state index in [9.17, 15) is 4.79 Å². The largest absolute Gasteiger partial charge is 0.399 e. The highest BCUT2D eigenvalue weighted by Crippen LogP contribution is 2.30. The smallest absolute Gasteiger partial charge is 0.258 e. The molecular formula is C17H17ClN2O. The minimum atomic E-state index is 0.0143. The Morgan fingerprint density at radius 2 is 2.05 bits per heavy atom. The van der Waals surface area contributed by atoms with Gasteiger partial charge in [0.15, 0.2) is 0 Å². The molecule has 1 aliphatic rings. The van der Waals surface area contributed by atoms with Crippen LogP contribution < -0.4 is 10.6 Å². The Kier molecular flexibility index (Phi) is 3.60. The van der Waals surface area contributed by atoms with Gasteiger partial charge in [-0.2, -0.15) is 0 Å². The SMILES string of the molecule is Cc1cc(C(=O)N2CCCc3cc(N)ccc32)ccc1Cl. The molecule has 0 radical (unpaired) electrons. The molecule has 108 valence electrons. The third-order valence-electron chi connectivity index (χ3n) is 3.87. The molecular weight excluding hydrogens is 284 g/mol. The highest BCUT2D eigenvalue weighted by Gasteiger charge is 2.23. The van der Waals surface area contributed by atoms with E-state index >= 15 is 0 Å². The molecule has 0 fully saturated rings. The van der Waals surface area contributed by atoms with Crippen molar-refractivity contribution < 1.29 is 4.79 Å². The van der Waals surface area contributed by atoms with Crippen LogP contribution in [0.2, 0.25) is 5.02 Å². The number of nitrogens with two attached hydrogens (primary N) is 1. The van der Waals surface area contributed by atoms with Crippen LogP contribution >= 0.6 is 11.6 Å². The van der Waals surface area contributed by atoms with Gasteiger partial charge in [0.05, 0.1) is 0 Å². The first-order valence-electron chi connectivity index (χ1n) is 7.02. The molecule has 2 aromatic rings. The number of hydrogen-bond acceptors (Lipinski definition) is 2. The van der Waals surface area contributed by atoms with E-state index in [0.717, 1.165) is 41.9 Å². The topological polar surface area (TPSA) is 46.3 Å². The first-order valence-corrected chi connectivity index (χ1v) is 7.40. The number of hydrogen-bond donors (Lipinski definition) is 1. The normalized spacial score (nSPS) is 13.9. The van der Waals surface area contributed by atoms with E-state index < -0.39 is 0 Å². The average Bonchev–Trinajstić information content (AvgIpc) is 2.48. The number of aryl methyl sites for hydroxylation is 2. The van der Waals surface area contributed by atoms with Gasteiger partial charge >= 0.3 is 0 Å². The fourth-order valence-electron chi connectivity index (χ4n) is 2.76. The van der Waals surface area contributed by atoms with Crippen LogP contribution in [0.1, 0.15) is 27.9 Å². The van der Waals surface area contributed by atoms with E-state index in [1.165, 1.54) is 0 Å². The van der Waals surface area contributed by atoms with Gasteiger partial charge in [-0.3, -0.25) is 4.79 Å². The molecule has 1 aliphatic heterocycles. The fourth-order valence-corrected chi connectivity index (χ4v) is 2.88. The van der Waals surface area contributed by atoms with E-state index in [-0.39, 0.29) is 5.91 Å². The number of amides is 1. The maximum atomic E-state index is 12.8. The molecule has 3 rings (SSSR count). The molecule has 2 aromatic carbocycles. The van der Waals surface area contributed by atoms with Crippen LogP contribution in [0.15, 0.2) is 36.4 Å². The third-order valence-corrected chi connectivity index (χ3v) is 4.30. The zero-order valence-electron chi connectivity index (χ0n) is 11.9. The maximum absolute atomic E-state index is 12.8. The number of fused-ring (bicyclic) bond motifs is 1. The van der Waals surface area contributed by atoms with Crippen molar-refractivity contribution in [3.8, 4) is 0 Å². The van der Waals surface area contributed by atoms with Crippen molar-refractivity contribution in [1.82, 2.24) is 0 Å². The summed E-state index contributed by atoms with van der Waals surface area (Å²) in [6.45, 7) is 2.64. The van der Waals surface area contributed by atoms with Crippen molar-refractivity contribution in [2.45, 2.75) is 19.8 Å². The Labute approximate surface area is 129 Å². The summed E-state index contributed by atoms with van der Waals surface area (Å²) in [4.78, 5) is 14.6. The van der Waals surface area contributed by atoms with Gasteiger partial charge in [0.1, 0.15) is 0 Å². The standard InChI is InChI=1S/C17H17ClN2O/c1-11-9-13(4-6-15(11)18)17(21)20-8-2-3-12-10-14(19)5-7-16(12)20/h4-7,9-10H,2-3,8,19H2,1H3. The summed E-state index contributed by atoms with van der Waals surface area (Å²) in [6, 6.07) is 11.1. The molecule has 21 heavy (non-hydrogen) atoms. The molecule has 3 nitrogen and oxygen atoms in total. The molecule has 0 aliphatic carbocycles. The second kappa shape index (κ2) is 5.41. The fraction of sp³-hybridized carbons (Fsp3) is 0.235. The molecule has 0 saturated carbocycles. The predicted octanol–water partition coefficient (Wildman–Crippen LogP) is 3.82. The quantitative estimate of drug-likeness (QED) is 0.814. The lowest BCUT2D eigenvalue weighted by atomic mass is 10.00. The number of rotatable bonds is 1. The number of benzene rings is 2. The van der Waals surface area contributed by atoms with Crippen LogP contribution in [-0.2, 0) is 6.42 Å². The summed E-state index contributed by atoms with van der Waals surface area (Å²) < 4.78 is 0. The van der Waals surface area contributed by atoms with Crippen molar-refractivity contribution in [2.24, 2.45) is 0 Å². The first kappa shape index (κ1) is 14.0. The molecule has 2 N–H and O–H groups in total. The van der Waals surface area contributed by atoms with E-state index in [4.69, 9.17) is 17.3 Å². The van der Waals surface area contributed by atoms with Gasteiger partial charge in [0.2, 0.25) is 0 Å². The Balaban J connectivity index is 1.98. The number of nitrogens with zero attached hydrogens (tertiary/aromatic N) is 1. The summed E-state index contributed by atoms with van der Waals surface area (Å²) >= 11 is 6.03. The highest BCUT2D eigenvalue weighted by atomic mass is 35.5.